The van der Waals surface area contributed by atoms with Crippen molar-refractivity contribution in [3.05, 3.63) is 0 Å². The standard InChI is InChI=1S/C12H20O2/c1-9-2-4-10(5-3-9)6-7-11-8-12(13)14-11/h9-11H,2-8H2,1H3. The van der Waals surface area contributed by atoms with Crippen molar-refractivity contribution in [1.29, 1.82) is 0 Å². The van der Waals surface area contributed by atoms with E-state index in [0.29, 0.717) is 6.42 Å². The Labute approximate surface area is 86.0 Å². The summed E-state index contributed by atoms with van der Waals surface area (Å²) in [4.78, 5) is 10.6. The molecule has 0 aromatic heterocycles. The smallest absolute Gasteiger partial charge is 0.309 e. The summed E-state index contributed by atoms with van der Waals surface area (Å²) in [6.07, 6.45) is 8.88. The van der Waals surface area contributed by atoms with E-state index in [2.05, 4.69) is 6.92 Å². The van der Waals surface area contributed by atoms with E-state index in [9.17, 15) is 4.79 Å². The molecule has 1 saturated carbocycles. The van der Waals surface area contributed by atoms with Gasteiger partial charge < -0.3 is 4.74 Å². The van der Waals surface area contributed by atoms with Crippen molar-refractivity contribution >= 4 is 5.97 Å². The molecule has 0 bridgehead atoms. The third-order valence-electron chi connectivity index (χ3n) is 3.72. The van der Waals surface area contributed by atoms with Gasteiger partial charge in [-0.2, -0.15) is 0 Å². The van der Waals surface area contributed by atoms with Gasteiger partial charge in [-0.25, -0.2) is 0 Å². The molecule has 80 valence electrons. The van der Waals surface area contributed by atoms with Crippen LogP contribution in [0.3, 0.4) is 0 Å². The molecule has 2 aliphatic rings. The van der Waals surface area contributed by atoms with Crippen LogP contribution in [0.15, 0.2) is 0 Å². The largest absolute Gasteiger partial charge is 0.462 e. The summed E-state index contributed by atoms with van der Waals surface area (Å²) in [5.74, 6) is 1.84. The average molecular weight is 196 g/mol. The molecule has 1 atom stereocenters. The zero-order chi connectivity index (χ0) is 9.97. The van der Waals surface area contributed by atoms with Gasteiger partial charge in [0, 0.05) is 0 Å². The van der Waals surface area contributed by atoms with Crippen molar-refractivity contribution in [3.63, 3.8) is 0 Å². The summed E-state index contributed by atoms with van der Waals surface area (Å²) in [6, 6.07) is 0. The molecule has 2 heteroatoms. The first-order valence-corrected chi connectivity index (χ1v) is 5.93. The monoisotopic (exact) mass is 196 g/mol. The zero-order valence-electron chi connectivity index (χ0n) is 9.00. The van der Waals surface area contributed by atoms with Crippen LogP contribution in [-0.2, 0) is 9.53 Å². The normalized spacial score (nSPS) is 37.5. The lowest BCUT2D eigenvalue weighted by Crippen LogP contribution is -2.33. The van der Waals surface area contributed by atoms with Gasteiger partial charge in [-0.1, -0.05) is 32.6 Å². The number of ether oxygens (including phenoxy) is 1. The van der Waals surface area contributed by atoms with Crippen molar-refractivity contribution < 1.29 is 9.53 Å². The molecule has 1 saturated heterocycles. The molecule has 2 nitrogen and oxygen atoms in total. The van der Waals surface area contributed by atoms with Gasteiger partial charge in [0.2, 0.25) is 0 Å². The zero-order valence-corrected chi connectivity index (χ0v) is 9.00. The van der Waals surface area contributed by atoms with Crippen LogP contribution < -0.4 is 0 Å². The summed E-state index contributed by atoms with van der Waals surface area (Å²) in [5.41, 5.74) is 0. The fourth-order valence-corrected chi connectivity index (χ4v) is 2.56. The average Bonchev–Trinajstić information content (AvgIpc) is 2.13. The van der Waals surface area contributed by atoms with Crippen molar-refractivity contribution in [2.24, 2.45) is 11.8 Å². The number of rotatable bonds is 3. The highest BCUT2D eigenvalue weighted by molar-refractivity contribution is 5.75. The minimum atomic E-state index is -0.00716. The number of carbonyl (C=O) groups excluding carboxylic acids is 1. The molecule has 14 heavy (non-hydrogen) atoms. The molecular weight excluding hydrogens is 176 g/mol. The van der Waals surface area contributed by atoms with E-state index in [-0.39, 0.29) is 12.1 Å². The highest BCUT2D eigenvalue weighted by Gasteiger charge is 2.29. The van der Waals surface area contributed by atoms with Gasteiger partial charge in [0.05, 0.1) is 6.42 Å². The van der Waals surface area contributed by atoms with Gasteiger partial charge in [0.1, 0.15) is 6.10 Å². The Hall–Kier alpha value is -0.530. The number of hydrogen-bond donors (Lipinski definition) is 0. The highest BCUT2D eigenvalue weighted by atomic mass is 16.6. The van der Waals surface area contributed by atoms with Crippen molar-refractivity contribution in [2.75, 3.05) is 0 Å². The molecule has 0 radical (unpaired) electrons. The quantitative estimate of drug-likeness (QED) is 0.649. The molecule has 0 N–H and O–H groups in total. The minimum absolute atomic E-state index is 0.00716. The Morgan fingerprint density at radius 1 is 1.21 bits per heavy atom. The lowest BCUT2D eigenvalue weighted by molar-refractivity contribution is -0.170. The third-order valence-corrected chi connectivity index (χ3v) is 3.72. The van der Waals surface area contributed by atoms with Crippen molar-refractivity contribution in [3.8, 4) is 0 Å². The summed E-state index contributed by atoms with van der Waals surface area (Å²) < 4.78 is 5.01. The van der Waals surface area contributed by atoms with Crippen molar-refractivity contribution in [1.82, 2.24) is 0 Å². The first kappa shape index (κ1) is 10.0. The Bertz CT molecular complexity index is 196. The van der Waals surface area contributed by atoms with Gasteiger partial charge in [-0.05, 0) is 24.7 Å². The third kappa shape index (κ3) is 2.49. The van der Waals surface area contributed by atoms with Gasteiger partial charge in [-0.15, -0.1) is 0 Å². The van der Waals surface area contributed by atoms with E-state index in [1.54, 1.807) is 0 Å². The molecule has 1 heterocycles. The second-order valence-corrected chi connectivity index (χ2v) is 5.02. The number of cyclic esters (lactones) is 1. The highest BCUT2D eigenvalue weighted by Crippen LogP contribution is 2.32. The molecule has 0 aromatic rings. The number of hydrogen-bond acceptors (Lipinski definition) is 2. The van der Waals surface area contributed by atoms with E-state index in [4.69, 9.17) is 4.74 Å². The number of esters is 1. The maximum absolute atomic E-state index is 10.6. The first-order valence-electron chi connectivity index (χ1n) is 5.93. The molecule has 0 aromatic carbocycles. The van der Waals surface area contributed by atoms with Crippen LogP contribution in [0.25, 0.3) is 0 Å². The Balaban J connectivity index is 1.59. The van der Waals surface area contributed by atoms with Crippen molar-refractivity contribution in [2.45, 2.75) is 58.0 Å². The van der Waals surface area contributed by atoms with Crippen LogP contribution >= 0.6 is 0 Å². The van der Waals surface area contributed by atoms with Crippen LogP contribution in [0.2, 0.25) is 0 Å². The summed E-state index contributed by atoms with van der Waals surface area (Å²) in [5, 5.41) is 0. The van der Waals surface area contributed by atoms with Gasteiger partial charge in [0.25, 0.3) is 0 Å². The van der Waals surface area contributed by atoms with Crippen LogP contribution in [0.1, 0.15) is 51.9 Å². The molecule has 1 aliphatic heterocycles. The molecule has 1 unspecified atom stereocenters. The predicted molar refractivity (Wildman–Crippen MR) is 54.9 cm³/mol. The van der Waals surface area contributed by atoms with Gasteiger partial charge in [-0.3, -0.25) is 4.79 Å². The van der Waals surface area contributed by atoms with Gasteiger partial charge >= 0.3 is 5.97 Å². The predicted octanol–water partition coefficient (Wildman–Crippen LogP) is 2.91. The molecule has 1 aliphatic carbocycles. The summed E-state index contributed by atoms with van der Waals surface area (Å²) in [6.45, 7) is 2.35. The molecule has 0 spiro atoms. The van der Waals surface area contributed by atoms with Crippen LogP contribution in [0.4, 0.5) is 0 Å². The molecule has 0 amide bonds. The van der Waals surface area contributed by atoms with E-state index in [1.165, 1.54) is 32.1 Å². The maximum atomic E-state index is 10.6. The summed E-state index contributed by atoms with van der Waals surface area (Å²) in [7, 11) is 0. The van der Waals surface area contributed by atoms with E-state index in [0.717, 1.165) is 18.3 Å². The fraction of sp³-hybridized carbons (Fsp3) is 0.917. The maximum Gasteiger partial charge on any atom is 0.309 e. The van der Waals surface area contributed by atoms with Crippen LogP contribution in [0.5, 0.6) is 0 Å². The Morgan fingerprint density at radius 2 is 1.86 bits per heavy atom. The Morgan fingerprint density at radius 3 is 2.43 bits per heavy atom. The van der Waals surface area contributed by atoms with Crippen LogP contribution in [-0.4, -0.2) is 12.1 Å². The second kappa shape index (κ2) is 4.33. The second-order valence-electron chi connectivity index (χ2n) is 5.02. The summed E-state index contributed by atoms with van der Waals surface area (Å²) >= 11 is 0. The SMILES string of the molecule is CC1CCC(CCC2CC(=O)O2)CC1. The minimum Gasteiger partial charge on any atom is -0.462 e. The lowest BCUT2D eigenvalue weighted by Gasteiger charge is -2.30. The van der Waals surface area contributed by atoms with E-state index in [1.807, 2.05) is 0 Å². The van der Waals surface area contributed by atoms with E-state index >= 15 is 0 Å². The van der Waals surface area contributed by atoms with Gasteiger partial charge in [0.15, 0.2) is 0 Å². The Kier molecular flexibility index (Phi) is 3.09. The van der Waals surface area contributed by atoms with E-state index < -0.39 is 0 Å². The molecule has 2 fully saturated rings. The number of carbonyl (C=O) groups is 1. The lowest BCUT2D eigenvalue weighted by atomic mass is 9.80. The molecule has 2 rings (SSSR count). The van der Waals surface area contributed by atoms with Crippen LogP contribution in [0, 0.1) is 11.8 Å². The first-order chi connectivity index (χ1) is 6.74. The molecular formula is C12H20O2. The fourth-order valence-electron chi connectivity index (χ4n) is 2.56. The topological polar surface area (TPSA) is 26.3 Å².